The molecule has 1 aliphatic carbocycles. The zero-order chi connectivity index (χ0) is 27.8. The average molecular weight is 614 g/mol. The Morgan fingerprint density at radius 2 is 1.85 bits per heavy atom. The largest absolute Gasteiger partial charge is 0.390 e. The molecule has 0 spiro atoms. The van der Waals surface area contributed by atoms with Gasteiger partial charge in [0.05, 0.1) is 23.6 Å². The molecule has 2 atom stereocenters. The summed E-state index contributed by atoms with van der Waals surface area (Å²) in [4.78, 5) is 13.6. The first kappa shape index (κ1) is 32.5. The summed E-state index contributed by atoms with van der Waals surface area (Å²) in [6, 6.07) is 12.3. The van der Waals surface area contributed by atoms with Crippen molar-refractivity contribution in [2.24, 2.45) is 0 Å². The molecule has 4 rings (SSSR count). The van der Waals surface area contributed by atoms with Crippen LogP contribution in [0.25, 0.3) is 0 Å². The third-order valence-corrected chi connectivity index (χ3v) is 9.84. The van der Waals surface area contributed by atoms with Crippen LogP contribution in [0.4, 0.5) is 11.4 Å². The van der Waals surface area contributed by atoms with Crippen LogP contribution in [0.2, 0.25) is 5.02 Å². The second-order valence-corrected chi connectivity index (χ2v) is 13.0. The number of anilines is 2. The number of hydrogen-bond donors (Lipinski definition) is 4. The van der Waals surface area contributed by atoms with Crippen molar-refractivity contribution in [3.05, 3.63) is 58.6 Å². The fourth-order valence-corrected chi connectivity index (χ4v) is 7.28. The van der Waals surface area contributed by atoms with Gasteiger partial charge in [-0.25, -0.2) is 8.42 Å². The normalized spacial score (nSPS) is 18.8. The maximum atomic E-state index is 13.6. The number of nitrogens with zero attached hydrogens (tertiary/aromatic N) is 1. The predicted molar refractivity (Wildman–Crippen MR) is 166 cm³/mol. The van der Waals surface area contributed by atoms with E-state index in [-0.39, 0.29) is 24.1 Å². The first-order valence-electron chi connectivity index (χ1n) is 14.1. The maximum Gasteiger partial charge on any atom is 0.251 e. The Morgan fingerprint density at radius 3 is 2.55 bits per heavy atom. The Hall–Kier alpha value is -2.04. The third-order valence-electron chi connectivity index (χ3n) is 7.60. The topological polar surface area (TPSA) is 111 Å². The molecule has 2 aromatic rings. The first-order chi connectivity index (χ1) is 18.8. The molecular weight excluding hydrogens is 571 g/mol. The highest BCUT2D eigenvalue weighted by atomic mass is 35.5. The van der Waals surface area contributed by atoms with Crippen molar-refractivity contribution in [2.45, 2.75) is 76.5 Å². The van der Waals surface area contributed by atoms with Gasteiger partial charge in [0.25, 0.3) is 5.91 Å². The summed E-state index contributed by atoms with van der Waals surface area (Å²) in [5, 5.41) is 21.5. The van der Waals surface area contributed by atoms with Crippen molar-refractivity contribution >= 4 is 51.3 Å². The minimum Gasteiger partial charge on any atom is -0.390 e. The highest BCUT2D eigenvalue weighted by Crippen LogP contribution is 2.28. The standard InChI is InChI=1S/C29H41ClN4O4S.ClH/c1-2-31-24-16-22(17-25(19-24)34-14-8-9-15-39(34,37)38)29(36)33-27(18-21-10-6-7-13-26(21)30)28(35)20-32-23-11-4-3-5-12-23;/h6-7,10,13,16-17,19,23,27-28,31-32,35H,2-5,8-9,11-12,14-15,18,20H2,1H3,(H,33,36);1H/t27-,28+;/m0./s1. The SMILES string of the molecule is CCNc1cc(C(=O)N[C@@H](Cc2ccccc2Cl)[C@H](O)CNC2CCCCC2)cc(N2CCCCS2(=O)=O)c1.Cl. The fourth-order valence-electron chi connectivity index (χ4n) is 5.44. The van der Waals surface area contributed by atoms with Gasteiger partial charge in [0, 0.05) is 41.9 Å². The zero-order valence-electron chi connectivity index (χ0n) is 23.1. The second kappa shape index (κ2) is 15.3. The van der Waals surface area contributed by atoms with Crippen LogP contribution in [0.3, 0.4) is 0 Å². The number of halogens is 2. The van der Waals surface area contributed by atoms with Crippen LogP contribution in [-0.4, -0.2) is 63.0 Å². The number of carbonyl (C=O) groups excluding carboxylic acids is 1. The van der Waals surface area contributed by atoms with Gasteiger partial charge in [-0.1, -0.05) is 49.1 Å². The van der Waals surface area contributed by atoms with Crippen LogP contribution in [-0.2, 0) is 16.4 Å². The number of aliphatic hydroxyl groups excluding tert-OH is 1. The highest BCUT2D eigenvalue weighted by molar-refractivity contribution is 7.92. The van der Waals surface area contributed by atoms with E-state index in [1.165, 1.54) is 23.6 Å². The lowest BCUT2D eigenvalue weighted by atomic mass is 9.94. The quantitative estimate of drug-likeness (QED) is 0.291. The van der Waals surface area contributed by atoms with Crippen molar-refractivity contribution in [1.29, 1.82) is 0 Å². The molecule has 2 aliphatic rings. The molecular formula is C29H42Cl2N4O4S. The predicted octanol–water partition coefficient (Wildman–Crippen LogP) is 4.75. The van der Waals surface area contributed by atoms with Gasteiger partial charge in [0.2, 0.25) is 10.0 Å². The number of rotatable bonds is 11. The minimum absolute atomic E-state index is 0. The summed E-state index contributed by atoms with van der Waals surface area (Å²) in [5.74, 6) is -0.278. The summed E-state index contributed by atoms with van der Waals surface area (Å²) in [6.45, 7) is 3.31. The Morgan fingerprint density at radius 1 is 1.10 bits per heavy atom. The molecule has 0 bridgehead atoms. The van der Waals surface area contributed by atoms with Crippen LogP contribution < -0.4 is 20.3 Å². The molecule has 1 saturated carbocycles. The minimum atomic E-state index is -3.44. The Kier molecular flexibility index (Phi) is 12.4. The van der Waals surface area contributed by atoms with Gasteiger partial charge in [-0.2, -0.15) is 0 Å². The first-order valence-corrected chi connectivity index (χ1v) is 16.1. The van der Waals surface area contributed by atoms with Crippen molar-refractivity contribution in [3.8, 4) is 0 Å². The molecule has 2 aromatic carbocycles. The van der Waals surface area contributed by atoms with Crippen LogP contribution in [0, 0.1) is 0 Å². The molecule has 40 heavy (non-hydrogen) atoms. The van der Waals surface area contributed by atoms with Gasteiger partial charge in [-0.3, -0.25) is 9.10 Å². The van der Waals surface area contributed by atoms with Crippen LogP contribution in [0.15, 0.2) is 42.5 Å². The fraction of sp³-hybridized carbons (Fsp3) is 0.552. The molecule has 222 valence electrons. The van der Waals surface area contributed by atoms with E-state index in [1.54, 1.807) is 24.3 Å². The number of hydrogen-bond acceptors (Lipinski definition) is 6. The number of sulfonamides is 1. The van der Waals surface area contributed by atoms with Crippen molar-refractivity contribution in [1.82, 2.24) is 10.6 Å². The summed E-state index contributed by atoms with van der Waals surface area (Å²) in [5.41, 5.74) is 2.31. The Balaban J connectivity index is 0.00000441. The van der Waals surface area contributed by atoms with E-state index in [4.69, 9.17) is 11.6 Å². The molecule has 11 heteroatoms. The average Bonchev–Trinajstić information content (AvgIpc) is 2.92. The molecule has 2 fully saturated rings. The van der Waals surface area contributed by atoms with Gasteiger partial charge < -0.3 is 21.1 Å². The molecule has 0 aromatic heterocycles. The van der Waals surface area contributed by atoms with E-state index in [9.17, 15) is 18.3 Å². The molecule has 0 radical (unpaired) electrons. The van der Waals surface area contributed by atoms with Crippen LogP contribution >= 0.6 is 24.0 Å². The van der Waals surface area contributed by atoms with E-state index in [0.717, 1.165) is 24.8 Å². The number of carbonyl (C=O) groups is 1. The van der Waals surface area contributed by atoms with Crippen LogP contribution in [0.1, 0.15) is 67.8 Å². The van der Waals surface area contributed by atoms with E-state index in [0.29, 0.717) is 60.5 Å². The summed E-state index contributed by atoms with van der Waals surface area (Å²) in [7, 11) is -3.44. The maximum absolute atomic E-state index is 13.6. The molecule has 8 nitrogen and oxygen atoms in total. The third kappa shape index (κ3) is 8.73. The number of nitrogens with one attached hydrogen (secondary N) is 3. The second-order valence-electron chi connectivity index (χ2n) is 10.6. The monoisotopic (exact) mass is 612 g/mol. The van der Waals surface area contributed by atoms with E-state index in [2.05, 4.69) is 16.0 Å². The van der Waals surface area contributed by atoms with Gasteiger partial charge in [0.15, 0.2) is 0 Å². The number of aliphatic hydroxyl groups is 1. The summed E-state index contributed by atoms with van der Waals surface area (Å²) in [6.07, 6.45) is 6.72. The lowest BCUT2D eigenvalue weighted by molar-refractivity contribution is 0.0821. The summed E-state index contributed by atoms with van der Waals surface area (Å²) < 4.78 is 27.0. The smallest absolute Gasteiger partial charge is 0.251 e. The lowest BCUT2D eigenvalue weighted by Gasteiger charge is -2.30. The molecule has 1 heterocycles. The van der Waals surface area contributed by atoms with E-state index >= 15 is 0 Å². The Labute approximate surface area is 249 Å². The van der Waals surface area contributed by atoms with Gasteiger partial charge in [-0.15, -0.1) is 12.4 Å². The van der Waals surface area contributed by atoms with Gasteiger partial charge in [-0.05, 0) is 68.9 Å². The van der Waals surface area contributed by atoms with E-state index in [1.807, 2.05) is 25.1 Å². The molecule has 1 amide bonds. The van der Waals surface area contributed by atoms with Crippen molar-refractivity contribution < 1.29 is 18.3 Å². The lowest BCUT2D eigenvalue weighted by Crippen LogP contribution is -2.50. The van der Waals surface area contributed by atoms with Crippen molar-refractivity contribution in [2.75, 3.05) is 35.0 Å². The number of amides is 1. The zero-order valence-corrected chi connectivity index (χ0v) is 25.5. The molecule has 4 N–H and O–H groups in total. The highest BCUT2D eigenvalue weighted by Gasteiger charge is 2.28. The Bertz CT molecular complexity index is 1220. The van der Waals surface area contributed by atoms with Gasteiger partial charge in [0.1, 0.15) is 0 Å². The van der Waals surface area contributed by atoms with Crippen LogP contribution in [0.5, 0.6) is 0 Å². The van der Waals surface area contributed by atoms with Gasteiger partial charge >= 0.3 is 0 Å². The summed E-state index contributed by atoms with van der Waals surface area (Å²) >= 11 is 6.43. The molecule has 1 saturated heterocycles. The molecule has 1 aliphatic heterocycles. The van der Waals surface area contributed by atoms with Crippen molar-refractivity contribution in [3.63, 3.8) is 0 Å². The molecule has 0 unspecified atom stereocenters. The van der Waals surface area contributed by atoms with E-state index < -0.39 is 22.2 Å². The number of benzene rings is 2.